The fourth-order valence-corrected chi connectivity index (χ4v) is 4.02. The summed E-state index contributed by atoms with van der Waals surface area (Å²) in [6, 6.07) is 10.4. The lowest BCUT2D eigenvalue weighted by Gasteiger charge is -2.10. The maximum absolute atomic E-state index is 12.9. The highest BCUT2D eigenvalue weighted by Crippen LogP contribution is 2.44. The van der Waals surface area contributed by atoms with Crippen molar-refractivity contribution >= 4 is 50.5 Å². The Morgan fingerprint density at radius 2 is 2.04 bits per heavy atom. The highest BCUT2D eigenvalue weighted by Gasteiger charge is 2.38. The van der Waals surface area contributed by atoms with E-state index >= 15 is 0 Å². The van der Waals surface area contributed by atoms with E-state index in [0.29, 0.717) is 28.1 Å². The molecule has 0 aliphatic carbocycles. The Hall–Kier alpha value is -3.13. The Bertz CT molecular complexity index is 1070. The van der Waals surface area contributed by atoms with E-state index < -0.39 is 5.97 Å². The Balaban J connectivity index is 1.92. The van der Waals surface area contributed by atoms with Crippen molar-refractivity contribution in [1.82, 2.24) is 0 Å². The molecule has 1 amide bonds. The van der Waals surface area contributed by atoms with Gasteiger partial charge in [-0.25, -0.2) is 4.79 Å². The molecule has 2 N–H and O–H groups in total. The highest BCUT2D eigenvalue weighted by atomic mass is 79.9. The minimum absolute atomic E-state index is 0.195. The second-order valence-electron chi connectivity index (χ2n) is 6.08. The second-order valence-corrected chi connectivity index (χ2v) is 6.93. The third-order valence-electron chi connectivity index (χ3n) is 4.65. The normalized spacial score (nSPS) is 19.1. The maximum Gasteiger partial charge on any atom is 0.337 e. The van der Waals surface area contributed by atoms with Gasteiger partial charge in [-0.05, 0) is 40.2 Å². The van der Waals surface area contributed by atoms with Crippen LogP contribution in [0.2, 0.25) is 0 Å². The number of halogens is 1. The number of carbonyl (C=O) groups is 2. The monoisotopic (exact) mass is 427 g/mol. The van der Waals surface area contributed by atoms with E-state index in [9.17, 15) is 14.8 Å². The number of fused-ring (bicyclic) bond motifs is 2. The Labute approximate surface area is 163 Å². The number of nitrogens with zero attached hydrogens (tertiary/aromatic N) is 2. The Morgan fingerprint density at radius 1 is 1.26 bits per heavy atom. The van der Waals surface area contributed by atoms with Crippen molar-refractivity contribution in [1.29, 1.82) is 0 Å². The van der Waals surface area contributed by atoms with Gasteiger partial charge in [0.2, 0.25) is 0 Å². The molecule has 4 rings (SSSR count). The van der Waals surface area contributed by atoms with Crippen LogP contribution in [0.4, 0.5) is 11.4 Å². The molecule has 2 aromatic rings. The molecular formula is C19H14BrN3O4. The third kappa shape index (κ3) is 2.44. The maximum atomic E-state index is 12.9. The van der Waals surface area contributed by atoms with Gasteiger partial charge in [0.1, 0.15) is 5.71 Å². The number of nitrogens with one attached hydrogen (secondary N) is 1. The van der Waals surface area contributed by atoms with Crippen LogP contribution in [-0.4, -0.2) is 37.0 Å². The number of hydrogen-bond donors (Lipinski definition) is 2. The molecule has 0 aromatic heterocycles. The minimum Gasteiger partial charge on any atom is -0.465 e. The summed E-state index contributed by atoms with van der Waals surface area (Å²) in [6.45, 7) is 0. The van der Waals surface area contributed by atoms with Crippen molar-refractivity contribution in [2.24, 2.45) is 5.16 Å². The number of allylic oxidation sites excluding steroid dienone is 1. The molecule has 0 spiro atoms. The number of anilines is 2. The molecule has 27 heavy (non-hydrogen) atoms. The van der Waals surface area contributed by atoms with Gasteiger partial charge in [0.15, 0.2) is 0 Å². The zero-order valence-electron chi connectivity index (χ0n) is 14.4. The molecule has 0 radical (unpaired) electrons. The number of esters is 1. The van der Waals surface area contributed by atoms with Crippen molar-refractivity contribution in [3.8, 4) is 0 Å². The molecule has 136 valence electrons. The number of carbonyl (C=O) groups excluding carboxylic acids is 2. The molecule has 0 fully saturated rings. The van der Waals surface area contributed by atoms with E-state index in [1.165, 1.54) is 7.11 Å². The highest BCUT2D eigenvalue weighted by molar-refractivity contribution is 9.10. The Kier molecular flexibility index (Phi) is 4.00. The van der Waals surface area contributed by atoms with Gasteiger partial charge in [0.25, 0.3) is 5.91 Å². The molecule has 0 saturated heterocycles. The van der Waals surface area contributed by atoms with Crippen LogP contribution in [0.25, 0.3) is 5.57 Å². The number of para-hydroxylation sites is 1. The molecule has 2 aliphatic rings. The van der Waals surface area contributed by atoms with Gasteiger partial charge in [-0.1, -0.05) is 17.3 Å². The van der Waals surface area contributed by atoms with Gasteiger partial charge < -0.3 is 20.2 Å². The molecule has 2 heterocycles. The van der Waals surface area contributed by atoms with Gasteiger partial charge in [-0.15, -0.1) is 0 Å². The number of methoxy groups -OCH3 is 1. The lowest BCUT2D eigenvalue weighted by atomic mass is 10.0. The smallest absolute Gasteiger partial charge is 0.337 e. The molecule has 2 aromatic carbocycles. The van der Waals surface area contributed by atoms with Gasteiger partial charge in [0.05, 0.1) is 29.6 Å². The van der Waals surface area contributed by atoms with Crippen LogP contribution in [0.15, 0.2) is 51.7 Å². The predicted molar refractivity (Wildman–Crippen MR) is 104 cm³/mol. The fraction of sp³-hybridized carbons (Fsp3) is 0.105. The molecule has 7 nitrogen and oxygen atoms in total. The molecule has 8 heteroatoms. The summed E-state index contributed by atoms with van der Waals surface area (Å²) >= 11 is 3.48. The summed E-state index contributed by atoms with van der Waals surface area (Å²) < 4.78 is 5.53. The largest absolute Gasteiger partial charge is 0.465 e. The summed E-state index contributed by atoms with van der Waals surface area (Å²) in [5.41, 5.74) is 3.93. The third-order valence-corrected chi connectivity index (χ3v) is 5.29. The molecule has 0 atom stereocenters. The predicted octanol–water partition coefficient (Wildman–Crippen LogP) is 3.23. The first kappa shape index (κ1) is 17.3. The van der Waals surface area contributed by atoms with Crippen LogP contribution in [0.3, 0.4) is 0 Å². The van der Waals surface area contributed by atoms with Crippen LogP contribution in [0.1, 0.15) is 21.5 Å². The number of oxime groups is 1. The van der Waals surface area contributed by atoms with Crippen LogP contribution in [-0.2, 0) is 9.53 Å². The van der Waals surface area contributed by atoms with Gasteiger partial charge in [-0.3, -0.25) is 4.79 Å². The van der Waals surface area contributed by atoms with E-state index in [0.717, 1.165) is 15.7 Å². The zero-order valence-corrected chi connectivity index (χ0v) is 16.0. The molecule has 0 bridgehead atoms. The number of benzene rings is 2. The van der Waals surface area contributed by atoms with Crippen LogP contribution >= 0.6 is 15.9 Å². The van der Waals surface area contributed by atoms with Crippen molar-refractivity contribution in [3.05, 3.63) is 63.3 Å². The van der Waals surface area contributed by atoms with Crippen molar-refractivity contribution < 1.29 is 19.5 Å². The lowest BCUT2D eigenvalue weighted by molar-refractivity contribution is -0.112. The van der Waals surface area contributed by atoms with Gasteiger partial charge in [-0.2, -0.15) is 0 Å². The topological polar surface area (TPSA) is 91.2 Å². The Morgan fingerprint density at radius 3 is 2.74 bits per heavy atom. The zero-order chi connectivity index (χ0) is 19.3. The van der Waals surface area contributed by atoms with E-state index in [-0.39, 0.29) is 11.6 Å². The van der Waals surface area contributed by atoms with Crippen molar-refractivity contribution in [3.63, 3.8) is 0 Å². The van der Waals surface area contributed by atoms with Crippen LogP contribution in [0.5, 0.6) is 0 Å². The molecular weight excluding hydrogens is 414 g/mol. The molecule has 0 saturated carbocycles. The molecule has 0 unspecified atom stereocenters. The number of likely N-dealkylation sites (N-methyl/N-ethyl adjacent to an activating group) is 1. The standard InChI is InChI=1S/C19H14BrN3O4/c1-23-17-10(4-3-5-12(17)20)14(18(23)24)16-15(22-26)11-8-9(19(25)27-2)6-7-13(11)21-16/h3-8,21,26H,1-2H3/b16-14-,22-15-. The van der Waals surface area contributed by atoms with Gasteiger partial charge >= 0.3 is 5.97 Å². The van der Waals surface area contributed by atoms with Crippen molar-refractivity contribution in [2.45, 2.75) is 0 Å². The average molecular weight is 428 g/mol. The van der Waals surface area contributed by atoms with E-state index in [2.05, 4.69) is 26.4 Å². The molecule has 2 aliphatic heterocycles. The number of amides is 1. The first-order chi connectivity index (χ1) is 13.0. The van der Waals surface area contributed by atoms with E-state index in [1.807, 2.05) is 18.2 Å². The first-order valence-electron chi connectivity index (χ1n) is 8.01. The van der Waals surface area contributed by atoms with E-state index in [4.69, 9.17) is 4.74 Å². The quantitative estimate of drug-likeness (QED) is 0.315. The summed E-state index contributed by atoms with van der Waals surface area (Å²) in [6.07, 6.45) is 0. The van der Waals surface area contributed by atoms with E-state index in [1.54, 1.807) is 30.1 Å². The number of hydrogen-bond acceptors (Lipinski definition) is 6. The summed E-state index contributed by atoms with van der Waals surface area (Å²) in [5.74, 6) is -0.719. The fourth-order valence-electron chi connectivity index (χ4n) is 3.39. The summed E-state index contributed by atoms with van der Waals surface area (Å²) in [4.78, 5) is 26.3. The number of rotatable bonds is 1. The summed E-state index contributed by atoms with van der Waals surface area (Å²) in [5, 5.41) is 16.2. The van der Waals surface area contributed by atoms with Gasteiger partial charge in [0, 0.05) is 28.3 Å². The van der Waals surface area contributed by atoms with Crippen molar-refractivity contribution in [2.75, 3.05) is 24.4 Å². The summed E-state index contributed by atoms with van der Waals surface area (Å²) in [7, 11) is 2.98. The average Bonchev–Trinajstić information content (AvgIpc) is 3.15. The SMILES string of the molecule is COC(=O)c1ccc2c(c1)C(=N/O)/C(=C1/C(=O)N(C)c3c(Br)cccc31)N2. The second kappa shape index (κ2) is 6.24. The van der Waals surface area contributed by atoms with Crippen LogP contribution in [0, 0.1) is 0 Å². The first-order valence-corrected chi connectivity index (χ1v) is 8.80. The van der Waals surface area contributed by atoms with Crippen LogP contribution < -0.4 is 10.2 Å². The lowest BCUT2D eigenvalue weighted by Crippen LogP contribution is -2.22. The minimum atomic E-state index is -0.498. The number of ether oxygens (including phenoxy) is 1.